The van der Waals surface area contributed by atoms with E-state index in [0.29, 0.717) is 29.2 Å². The number of carbonyl (C=O) groups is 2. The third-order valence-electron chi connectivity index (χ3n) is 3.58. The van der Waals surface area contributed by atoms with Crippen molar-refractivity contribution in [2.45, 2.75) is 19.4 Å². The zero-order valence-corrected chi connectivity index (χ0v) is 14.4. The Morgan fingerprint density at radius 2 is 1.64 bits per heavy atom. The number of para-hydroxylation sites is 2. The van der Waals surface area contributed by atoms with Gasteiger partial charge < -0.3 is 19.5 Å². The number of ether oxygens (including phenoxy) is 3. The van der Waals surface area contributed by atoms with Crippen LogP contribution >= 0.6 is 0 Å². The molecule has 2 aromatic rings. The number of hydrogen-bond acceptors (Lipinski definition) is 5. The second kappa shape index (κ2) is 8.73. The number of benzene rings is 2. The second-order valence-electron chi connectivity index (χ2n) is 5.22. The van der Waals surface area contributed by atoms with Crippen molar-refractivity contribution in [2.24, 2.45) is 0 Å². The smallest absolute Gasteiger partial charge is 0.337 e. The molecule has 0 bridgehead atoms. The number of anilines is 1. The second-order valence-corrected chi connectivity index (χ2v) is 5.22. The molecule has 0 unspecified atom stereocenters. The zero-order chi connectivity index (χ0) is 18.2. The van der Waals surface area contributed by atoms with Gasteiger partial charge in [0, 0.05) is 5.69 Å². The Balaban J connectivity index is 2.05. The molecule has 1 amide bonds. The van der Waals surface area contributed by atoms with Gasteiger partial charge in [-0.3, -0.25) is 4.79 Å². The lowest BCUT2D eigenvalue weighted by atomic mass is 10.2. The first kappa shape index (κ1) is 18.3. The molecule has 2 aromatic carbocycles. The van der Waals surface area contributed by atoms with Crippen LogP contribution in [0.25, 0.3) is 0 Å². The van der Waals surface area contributed by atoms with Crippen LogP contribution in [0.2, 0.25) is 0 Å². The maximum Gasteiger partial charge on any atom is 0.337 e. The summed E-state index contributed by atoms with van der Waals surface area (Å²) >= 11 is 0. The summed E-state index contributed by atoms with van der Waals surface area (Å²) in [4.78, 5) is 23.9. The highest BCUT2D eigenvalue weighted by molar-refractivity contribution is 5.95. The minimum atomic E-state index is -0.670. The van der Waals surface area contributed by atoms with Crippen LogP contribution in [0.5, 0.6) is 11.5 Å². The van der Waals surface area contributed by atoms with Crippen molar-refractivity contribution in [3.05, 3.63) is 54.1 Å². The molecule has 6 nitrogen and oxygen atoms in total. The van der Waals surface area contributed by atoms with E-state index in [1.807, 2.05) is 19.1 Å². The Bertz CT molecular complexity index is 727. The van der Waals surface area contributed by atoms with Crippen molar-refractivity contribution in [3.63, 3.8) is 0 Å². The fourth-order valence-corrected chi connectivity index (χ4v) is 2.22. The molecular formula is C19H21NO5. The van der Waals surface area contributed by atoms with Gasteiger partial charge in [0.2, 0.25) is 0 Å². The summed E-state index contributed by atoms with van der Waals surface area (Å²) < 4.78 is 15.7. The molecule has 25 heavy (non-hydrogen) atoms. The van der Waals surface area contributed by atoms with Gasteiger partial charge in [0.15, 0.2) is 17.6 Å². The molecule has 0 saturated carbocycles. The first-order valence-electron chi connectivity index (χ1n) is 7.88. The molecule has 0 fully saturated rings. The van der Waals surface area contributed by atoms with E-state index >= 15 is 0 Å². The molecule has 0 heterocycles. The van der Waals surface area contributed by atoms with Crippen molar-refractivity contribution in [1.82, 2.24) is 0 Å². The summed E-state index contributed by atoms with van der Waals surface area (Å²) in [6.45, 7) is 1.86. The van der Waals surface area contributed by atoms with E-state index in [1.165, 1.54) is 7.11 Å². The van der Waals surface area contributed by atoms with Gasteiger partial charge in [0.25, 0.3) is 5.91 Å². The van der Waals surface area contributed by atoms with Crippen molar-refractivity contribution in [3.8, 4) is 11.5 Å². The molecule has 1 atom stereocenters. The number of amides is 1. The highest BCUT2D eigenvalue weighted by Gasteiger charge is 2.20. The molecule has 132 valence electrons. The first-order chi connectivity index (χ1) is 12.1. The molecule has 0 spiro atoms. The third kappa shape index (κ3) is 4.73. The van der Waals surface area contributed by atoms with Crippen LogP contribution in [0.3, 0.4) is 0 Å². The third-order valence-corrected chi connectivity index (χ3v) is 3.58. The molecule has 6 heteroatoms. The molecule has 1 N–H and O–H groups in total. The Morgan fingerprint density at radius 1 is 1.00 bits per heavy atom. The van der Waals surface area contributed by atoms with Crippen LogP contribution in [0.4, 0.5) is 5.69 Å². The first-order valence-corrected chi connectivity index (χ1v) is 7.88. The van der Waals surface area contributed by atoms with Gasteiger partial charge >= 0.3 is 5.97 Å². The number of esters is 1. The molecule has 0 aromatic heterocycles. The van der Waals surface area contributed by atoms with E-state index in [9.17, 15) is 9.59 Å². The van der Waals surface area contributed by atoms with Crippen LogP contribution in [0.1, 0.15) is 23.7 Å². The van der Waals surface area contributed by atoms with Crippen LogP contribution in [0, 0.1) is 0 Å². The fraction of sp³-hybridized carbons (Fsp3) is 0.263. The molecule has 0 aliphatic carbocycles. The summed E-state index contributed by atoms with van der Waals surface area (Å²) in [6, 6.07) is 13.6. The van der Waals surface area contributed by atoms with Gasteiger partial charge in [-0.2, -0.15) is 0 Å². The van der Waals surface area contributed by atoms with Crippen molar-refractivity contribution >= 4 is 17.6 Å². The Hall–Kier alpha value is -3.02. The zero-order valence-electron chi connectivity index (χ0n) is 14.4. The van der Waals surface area contributed by atoms with Crippen molar-refractivity contribution < 1.29 is 23.8 Å². The molecule has 2 rings (SSSR count). The SMILES string of the molecule is CC[C@H](Oc1ccccc1OC)C(=O)Nc1ccc(C(=O)OC)cc1. The maximum absolute atomic E-state index is 12.5. The summed E-state index contributed by atoms with van der Waals surface area (Å²) in [6.07, 6.45) is -0.180. The monoisotopic (exact) mass is 343 g/mol. The van der Waals surface area contributed by atoms with E-state index in [4.69, 9.17) is 9.47 Å². The fourth-order valence-electron chi connectivity index (χ4n) is 2.22. The lowest BCUT2D eigenvalue weighted by molar-refractivity contribution is -0.122. The quantitative estimate of drug-likeness (QED) is 0.781. The van der Waals surface area contributed by atoms with Crippen LogP contribution < -0.4 is 14.8 Å². The molecule has 0 saturated heterocycles. The highest BCUT2D eigenvalue weighted by atomic mass is 16.5. The van der Waals surface area contributed by atoms with Gasteiger partial charge in [-0.1, -0.05) is 19.1 Å². The number of methoxy groups -OCH3 is 2. The maximum atomic E-state index is 12.5. The van der Waals surface area contributed by atoms with Gasteiger partial charge in [0.05, 0.1) is 19.8 Å². The van der Waals surface area contributed by atoms with E-state index in [2.05, 4.69) is 10.1 Å². The summed E-state index contributed by atoms with van der Waals surface area (Å²) in [7, 11) is 2.87. The summed E-state index contributed by atoms with van der Waals surface area (Å²) in [5.74, 6) is 0.368. The van der Waals surface area contributed by atoms with Crippen LogP contribution in [0.15, 0.2) is 48.5 Å². The summed E-state index contributed by atoms with van der Waals surface area (Å²) in [5.41, 5.74) is 0.984. The molecule has 0 aliphatic heterocycles. The molecular weight excluding hydrogens is 322 g/mol. The lowest BCUT2D eigenvalue weighted by Crippen LogP contribution is -2.32. The minimum absolute atomic E-state index is 0.278. The average molecular weight is 343 g/mol. The Morgan fingerprint density at radius 3 is 2.20 bits per heavy atom. The van der Waals surface area contributed by atoms with Gasteiger partial charge in [0.1, 0.15) is 0 Å². The topological polar surface area (TPSA) is 73.9 Å². The molecule has 0 aliphatic rings. The minimum Gasteiger partial charge on any atom is -0.493 e. The predicted octanol–water partition coefficient (Wildman–Crippen LogP) is 3.28. The van der Waals surface area contributed by atoms with E-state index < -0.39 is 12.1 Å². The van der Waals surface area contributed by atoms with Gasteiger partial charge in [-0.05, 0) is 42.8 Å². The van der Waals surface area contributed by atoms with Gasteiger partial charge in [-0.25, -0.2) is 4.79 Å². The van der Waals surface area contributed by atoms with E-state index in [1.54, 1.807) is 43.5 Å². The number of carbonyl (C=O) groups excluding carboxylic acids is 2. The standard InChI is InChI=1S/C19H21NO5/c1-4-15(25-17-8-6-5-7-16(17)23-2)18(21)20-14-11-9-13(10-12-14)19(22)24-3/h5-12,15H,4H2,1-3H3,(H,20,21)/t15-/m0/s1. The molecule has 0 radical (unpaired) electrons. The van der Waals surface area contributed by atoms with Gasteiger partial charge in [-0.15, -0.1) is 0 Å². The number of rotatable bonds is 7. The van der Waals surface area contributed by atoms with Crippen LogP contribution in [-0.2, 0) is 9.53 Å². The van der Waals surface area contributed by atoms with Crippen LogP contribution in [-0.4, -0.2) is 32.2 Å². The van der Waals surface area contributed by atoms with Crippen molar-refractivity contribution in [2.75, 3.05) is 19.5 Å². The largest absolute Gasteiger partial charge is 0.493 e. The highest BCUT2D eigenvalue weighted by Crippen LogP contribution is 2.27. The lowest BCUT2D eigenvalue weighted by Gasteiger charge is -2.19. The normalized spacial score (nSPS) is 11.3. The Labute approximate surface area is 146 Å². The predicted molar refractivity (Wildman–Crippen MR) is 94.1 cm³/mol. The average Bonchev–Trinajstić information content (AvgIpc) is 2.66. The Kier molecular flexibility index (Phi) is 6.39. The number of hydrogen-bond donors (Lipinski definition) is 1. The van der Waals surface area contributed by atoms with E-state index in [0.717, 1.165) is 0 Å². The van der Waals surface area contributed by atoms with E-state index in [-0.39, 0.29) is 5.91 Å². The summed E-state index contributed by atoms with van der Waals surface area (Å²) in [5, 5.41) is 2.78. The number of nitrogens with one attached hydrogen (secondary N) is 1. The van der Waals surface area contributed by atoms with Crippen molar-refractivity contribution in [1.29, 1.82) is 0 Å².